The highest BCUT2D eigenvalue weighted by atomic mass is 32.2. The molecule has 1 aliphatic heterocycles. The second-order valence-electron chi connectivity index (χ2n) is 6.23. The number of sulfonamides is 1. The summed E-state index contributed by atoms with van der Waals surface area (Å²) in [5.74, 6) is 0.0229. The van der Waals surface area contributed by atoms with Gasteiger partial charge in [0.1, 0.15) is 0 Å². The molecule has 1 amide bonds. The Morgan fingerprint density at radius 2 is 2.22 bits per heavy atom. The van der Waals surface area contributed by atoms with Crippen LogP contribution in [0.2, 0.25) is 0 Å². The number of amides is 1. The molecule has 2 rings (SSSR count). The third-order valence-corrected chi connectivity index (χ3v) is 5.42. The van der Waals surface area contributed by atoms with Gasteiger partial charge in [-0.15, -0.1) is 0 Å². The van der Waals surface area contributed by atoms with Gasteiger partial charge in [0, 0.05) is 32.4 Å². The van der Waals surface area contributed by atoms with Gasteiger partial charge in [-0.3, -0.25) is 9.48 Å². The number of nitrogens with one attached hydrogen (secondary N) is 1. The first-order chi connectivity index (χ1) is 10.8. The smallest absolute Gasteiger partial charge is 0.254 e. The Morgan fingerprint density at radius 1 is 1.48 bits per heavy atom. The number of piperidine rings is 1. The first-order valence-corrected chi connectivity index (χ1v) is 9.93. The fraction of sp³-hybridized carbons (Fsp3) is 0.733. The van der Waals surface area contributed by atoms with Crippen molar-refractivity contribution in [3.05, 3.63) is 17.5 Å². The molecule has 1 atom stereocenters. The summed E-state index contributed by atoms with van der Waals surface area (Å²) in [7, 11) is -3.15. The Labute approximate surface area is 138 Å². The quantitative estimate of drug-likeness (QED) is 0.836. The van der Waals surface area contributed by atoms with Crippen LogP contribution in [0.5, 0.6) is 0 Å². The molecular weight excluding hydrogens is 316 g/mol. The van der Waals surface area contributed by atoms with Gasteiger partial charge >= 0.3 is 0 Å². The standard InChI is InChI=1S/C15H26N4O3S/c1-4-7-18-11-14(12(2)17-18)15(20)16-9-13-6-5-8-19(10-13)23(3,21)22/h11,13H,4-10H2,1-3H3,(H,16,20)/t13-/m0/s1. The maximum absolute atomic E-state index is 12.3. The van der Waals surface area contributed by atoms with E-state index in [0.29, 0.717) is 25.2 Å². The average Bonchev–Trinajstić information content (AvgIpc) is 2.85. The van der Waals surface area contributed by atoms with Gasteiger partial charge in [0.2, 0.25) is 10.0 Å². The summed E-state index contributed by atoms with van der Waals surface area (Å²) in [4.78, 5) is 12.3. The van der Waals surface area contributed by atoms with Crippen LogP contribution in [0.3, 0.4) is 0 Å². The van der Waals surface area contributed by atoms with Crippen molar-refractivity contribution in [3.63, 3.8) is 0 Å². The van der Waals surface area contributed by atoms with Crippen LogP contribution < -0.4 is 5.32 Å². The fourth-order valence-electron chi connectivity index (χ4n) is 2.91. The number of nitrogens with zero attached hydrogens (tertiary/aromatic N) is 3. The molecule has 2 heterocycles. The lowest BCUT2D eigenvalue weighted by Crippen LogP contribution is -2.43. The van der Waals surface area contributed by atoms with E-state index in [1.807, 2.05) is 6.92 Å². The minimum Gasteiger partial charge on any atom is -0.352 e. The van der Waals surface area contributed by atoms with Crippen LogP contribution >= 0.6 is 0 Å². The summed E-state index contributed by atoms with van der Waals surface area (Å²) in [5, 5.41) is 7.25. The first-order valence-electron chi connectivity index (χ1n) is 8.08. The number of rotatable bonds is 6. The highest BCUT2D eigenvalue weighted by Crippen LogP contribution is 2.18. The maximum Gasteiger partial charge on any atom is 0.254 e. The molecular formula is C15H26N4O3S. The van der Waals surface area contributed by atoms with E-state index in [-0.39, 0.29) is 11.8 Å². The zero-order valence-corrected chi connectivity index (χ0v) is 14.9. The highest BCUT2D eigenvalue weighted by Gasteiger charge is 2.26. The van der Waals surface area contributed by atoms with Crippen molar-refractivity contribution in [2.75, 3.05) is 25.9 Å². The van der Waals surface area contributed by atoms with Gasteiger partial charge in [-0.2, -0.15) is 5.10 Å². The van der Waals surface area contributed by atoms with Crippen LogP contribution in [0.1, 0.15) is 42.2 Å². The molecule has 0 saturated carbocycles. The largest absolute Gasteiger partial charge is 0.352 e. The van der Waals surface area contributed by atoms with Gasteiger partial charge in [0.25, 0.3) is 5.91 Å². The van der Waals surface area contributed by atoms with Crippen molar-refractivity contribution in [1.29, 1.82) is 0 Å². The topological polar surface area (TPSA) is 84.3 Å². The number of carbonyl (C=O) groups excluding carboxylic acids is 1. The Balaban J connectivity index is 1.91. The molecule has 7 nitrogen and oxygen atoms in total. The second-order valence-corrected chi connectivity index (χ2v) is 8.21. The van der Waals surface area contributed by atoms with Crippen LogP contribution in [0.15, 0.2) is 6.20 Å². The number of aromatic nitrogens is 2. The van der Waals surface area contributed by atoms with Crippen molar-refractivity contribution < 1.29 is 13.2 Å². The zero-order chi connectivity index (χ0) is 17.0. The Morgan fingerprint density at radius 3 is 2.87 bits per heavy atom. The summed E-state index contributed by atoms with van der Waals surface area (Å²) in [6, 6.07) is 0. The molecule has 0 bridgehead atoms. The Hall–Kier alpha value is -1.41. The van der Waals surface area contributed by atoms with E-state index in [4.69, 9.17) is 0 Å². The minimum atomic E-state index is -3.15. The normalized spacial score (nSPS) is 19.7. The summed E-state index contributed by atoms with van der Waals surface area (Å²) in [6.45, 7) is 6.23. The molecule has 0 spiro atoms. The molecule has 23 heavy (non-hydrogen) atoms. The molecule has 0 radical (unpaired) electrons. The Kier molecular flexibility index (Phi) is 5.80. The highest BCUT2D eigenvalue weighted by molar-refractivity contribution is 7.88. The third kappa shape index (κ3) is 4.78. The zero-order valence-electron chi connectivity index (χ0n) is 14.1. The molecule has 1 fully saturated rings. The predicted octanol–water partition coefficient (Wildman–Crippen LogP) is 1.00. The van der Waals surface area contributed by atoms with E-state index in [0.717, 1.165) is 31.5 Å². The van der Waals surface area contributed by atoms with E-state index in [1.54, 1.807) is 10.9 Å². The van der Waals surface area contributed by atoms with Crippen molar-refractivity contribution in [1.82, 2.24) is 19.4 Å². The first kappa shape index (κ1) is 17.9. The van der Waals surface area contributed by atoms with E-state index in [9.17, 15) is 13.2 Å². The monoisotopic (exact) mass is 342 g/mol. The van der Waals surface area contributed by atoms with Gasteiger partial charge in [-0.25, -0.2) is 12.7 Å². The molecule has 1 aliphatic rings. The lowest BCUT2D eigenvalue weighted by atomic mass is 9.99. The molecule has 1 aromatic rings. The van der Waals surface area contributed by atoms with Crippen LogP contribution in [-0.4, -0.2) is 54.3 Å². The summed E-state index contributed by atoms with van der Waals surface area (Å²) >= 11 is 0. The second kappa shape index (κ2) is 7.44. The van der Waals surface area contributed by atoms with Crippen molar-refractivity contribution in [3.8, 4) is 0 Å². The van der Waals surface area contributed by atoms with E-state index < -0.39 is 10.0 Å². The van der Waals surface area contributed by atoms with Gasteiger partial charge in [0.05, 0.1) is 17.5 Å². The van der Waals surface area contributed by atoms with Gasteiger partial charge in [0.15, 0.2) is 0 Å². The van der Waals surface area contributed by atoms with Crippen LogP contribution in [0.4, 0.5) is 0 Å². The van der Waals surface area contributed by atoms with E-state index in [2.05, 4.69) is 17.3 Å². The molecule has 130 valence electrons. The molecule has 8 heteroatoms. The van der Waals surface area contributed by atoms with Crippen LogP contribution in [0, 0.1) is 12.8 Å². The van der Waals surface area contributed by atoms with Crippen molar-refractivity contribution in [2.24, 2.45) is 5.92 Å². The van der Waals surface area contributed by atoms with Gasteiger partial charge in [-0.05, 0) is 32.1 Å². The van der Waals surface area contributed by atoms with Crippen LogP contribution in [0.25, 0.3) is 0 Å². The van der Waals surface area contributed by atoms with Gasteiger partial charge in [-0.1, -0.05) is 6.92 Å². The minimum absolute atomic E-state index is 0.138. The predicted molar refractivity (Wildman–Crippen MR) is 88.7 cm³/mol. The molecule has 1 N–H and O–H groups in total. The average molecular weight is 342 g/mol. The molecule has 1 saturated heterocycles. The lowest BCUT2D eigenvalue weighted by Gasteiger charge is -2.30. The molecule has 0 unspecified atom stereocenters. The fourth-order valence-corrected chi connectivity index (χ4v) is 3.85. The number of carbonyl (C=O) groups is 1. The summed E-state index contributed by atoms with van der Waals surface area (Å²) in [5.41, 5.74) is 1.31. The lowest BCUT2D eigenvalue weighted by molar-refractivity contribution is 0.0941. The Bertz CT molecular complexity index is 654. The summed E-state index contributed by atoms with van der Waals surface area (Å²) < 4.78 is 26.5. The number of hydrogen-bond acceptors (Lipinski definition) is 4. The van der Waals surface area contributed by atoms with E-state index >= 15 is 0 Å². The SMILES string of the molecule is CCCn1cc(C(=O)NC[C@@H]2CCCN(S(C)(=O)=O)C2)c(C)n1. The van der Waals surface area contributed by atoms with Gasteiger partial charge < -0.3 is 5.32 Å². The summed E-state index contributed by atoms with van der Waals surface area (Å²) in [6.07, 6.45) is 5.74. The number of hydrogen-bond donors (Lipinski definition) is 1. The maximum atomic E-state index is 12.3. The number of aryl methyl sites for hydroxylation is 2. The molecule has 0 aromatic carbocycles. The van der Waals surface area contributed by atoms with Crippen molar-refractivity contribution >= 4 is 15.9 Å². The van der Waals surface area contributed by atoms with E-state index in [1.165, 1.54) is 10.6 Å². The third-order valence-electron chi connectivity index (χ3n) is 4.15. The molecule has 1 aromatic heterocycles. The van der Waals surface area contributed by atoms with Crippen LogP contribution in [-0.2, 0) is 16.6 Å². The van der Waals surface area contributed by atoms with Crippen molar-refractivity contribution in [2.45, 2.75) is 39.7 Å². The molecule has 0 aliphatic carbocycles.